The predicted octanol–water partition coefficient (Wildman–Crippen LogP) is 4.78. The van der Waals surface area contributed by atoms with Gasteiger partial charge in [0, 0.05) is 25.3 Å². The number of rotatable bonds is 8. The van der Waals surface area contributed by atoms with Gasteiger partial charge in [-0.05, 0) is 47.9 Å². The van der Waals surface area contributed by atoms with E-state index in [0.29, 0.717) is 22.5 Å². The van der Waals surface area contributed by atoms with Gasteiger partial charge in [-0.25, -0.2) is 4.98 Å². The first-order valence-electron chi connectivity index (χ1n) is 12.6. The third-order valence-corrected chi connectivity index (χ3v) is 5.95. The summed E-state index contributed by atoms with van der Waals surface area (Å²) < 4.78 is 6.24. The number of aromatic nitrogens is 2. The molecule has 4 rings (SSSR count). The van der Waals surface area contributed by atoms with Crippen LogP contribution in [0.25, 0.3) is 17.0 Å². The number of hydrogen-bond donors (Lipinski definition) is 0. The highest BCUT2D eigenvalue weighted by atomic mass is 16.5. The lowest BCUT2D eigenvalue weighted by molar-refractivity contribution is -0.132. The standard InChI is InChI=1S/C31H29N3O5/c1-21(2)30-32-27-15-8-7-14-26(27)31(38)34(30)33(28(36)18-16-23-10-5-4-6-11-23)29(37)19-17-24-12-9-13-25(20-24)39-22(3)35/h4-16,18,20-21H,17,19H2,1-3H3/b18-16+. The molecule has 0 bridgehead atoms. The Kier molecular flexibility index (Phi) is 8.46. The maximum absolute atomic E-state index is 13.7. The fraction of sp³-hybridized carbons (Fsp3) is 0.194. The highest BCUT2D eigenvalue weighted by molar-refractivity contribution is 6.14. The summed E-state index contributed by atoms with van der Waals surface area (Å²) in [6.45, 7) is 5.01. The van der Waals surface area contributed by atoms with Gasteiger partial charge in [0.25, 0.3) is 11.5 Å². The first kappa shape index (κ1) is 27.2. The molecule has 198 valence electrons. The smallest absolute Gasteiger partial charge is 0.308 e. The van der Waals surface area contributed by atoms with E-state index >= 15 is 0 Å². The number of carbonyl (C=O) groups excluding carboxylic acids is 3. The zero-order chi connectivity index (χ0) is 27.9. The van der Waals surface area contributed by atoms with E-state index in [1.54, 1.807) is 54.6 Å². The van der Waals surface area contributed by atoms with Gasteiger partial charge in [-0.3, -0.25) is 19.2 Å². The third-order valence-electron chi connectivity index (χ3n) is 5.95. The molecule has 0 unspecified atom stereocenters. The van der Waals surface area contributed by atoms with Crippen LogP contribution in [0.5, 0.6) is 5.75 Å². The summed E-state index contributed by atoms with van der Waals surface area (Å²) in [6, 6.07) is 22.9. The largest absolute Gasteiger partial charge is 0.427 e. The number of amides is 2. The molecular formula is C31H29N3O5. The van der Waals surface area contributed by atoms with Crippen molar-refractivity contribution < 1.29 is 19.1 Å². The van der Waals surface area contributed by atoms with Crippen molar-refractivity contribution in [2.24, 2.45) is 0 Å². The molecule has 39 heavy (non-hydrogen) atoms. The molecule has 2 amide bonds. The zero-order valence-electron chi connectivity index (χ0n) is 22.0. The molecule has 3 aromatic carbocycles. The van der Waals surface area contributed by atoms with Crippen molar-refractivity contribution in [3.8, 4) is 5.75 Å². The minimum Gasteiger partial charge on any atom is -0.427 e. The fourth-order valence-corrected chi connectivity index (χ4v) is 4.13. The molecule has 1 heterocycles. The highest BCUT2D eigenvalue weighted by Crippen LogP contribution is 2.18. The van der Waals surface area contributed by atoms with Crippen LogP contribution in [0.15, 0.2) is 89.7 Å². The van der Waals surface area contributed by atoms with Gasteiger partial charge in [-0.1, -0.05) is 68.4 Å². The molecule has 0 fully saturated rings. The van der Waals surface area contributed by atoms with Gasteiger partial charge in [-0.15, -0.1) is 0 Å². The van der Waals surface area contributed by atoms with E-state index < -0.39 is 23.3 Å². The van der Waals surface area contributed by atoms with Crippen molar-refractivity contribution in [1.82, 2.24) is 9.66 Å². The molecule has 8 heteroatoms. The third kappa shape index (κ3) is 6.54. The van der Waals surface area contributed by atoms with Crippen LogP contribution in [-0.4, -0.2) is 27.4 Å². The van der Waals surface area contributed by atoms with Crippen molar-refractivity contribution in [2.45, 2.75) is 39.5 Å². The molecule has 0 radical (unpaired) electrons. The number of nitrogens with zero attached hydrogens (tertiary/aromatic N) is 3. The van der Waals surface area contributed by atoms with Crippen LogP contribution in [0.2, 0.25) is 0 Å². The summed E-state index contributed by atoms with van der Waals surface area (Å²) in [4.78, 5) is 56.9. The summed E-state index contributed by atoms with van der Waals surface area (Å²) in [7, 11) is 0. The van der Waals surface area contributed by atoms with E-state index in [1.165, 1.54) is 13.0 Å². The van der Waals surface area contributed by atoms with Crippen LogP contribution in [0.3, 0.4) is 0 Å². The molecule has 0 saturated carbocycles. The Labute approximate surface area is 226 Å². The van der Waals surface area contributed by atoms with Gasteiger partial charge in [0.1, 0.15) is 11.6 Å². The van der Waals surface area contributed by atoms with E-state index in [4.69, 9.17) is 4.74 Å². The van der Waals surface area contributed by atoms with Gasteiger partial charge < -0.3 is 4.74 Å². The molecule has 0 N–H and O–H groups in total. The quantitative estimate of drug-likeness (QED) is 0.187. The summed E-state index contributed by atoms with van der Waals surface area (Å²) in [6.07, 6.45) is 3.05. The number of esters is 1. The molecule has 0 atom stereocenters. The number of fused-ring (bicyclic) bond motifs is 1. The lowest BCUT2D eigenvalue weighted by Crippen LogP contribution is -2.51. The molecule has 0 saturated heterocycles. The van der Waals surface area contributed by atoms with Crippen LogP contribution in [0, 0.1) is 0 Å². The first-order chi connectivity index (χ1) is 18.7. The van der Waals surface area contributed by atoms with E-state index in [9.17, 15) is 19.2 Å². The lowest BCUT2D eigenvalue weighted by Gasteiger charge is -2.25. The molecule has 0 aliphatic carbocycles. The van der Waals surface area contributed by atoms with Crippen LogP contribution >= 0.6 is 0 Å². The second-order valence-electron chi connectivity index (χ2n) is 9.29. The summed E-state index contributed by atoms with van der Waals surface area (Å²) in [5.74, 6) is -1.29. The van der Waals surface area contributed by atoms with Gasteiger partial charge >= 0.3 is 5.97 Å². The number of hydrogen-bond acceptors (Lipinski definition) is 6. The number of para-hydroxylation sites is 1. The monoisotopic (exact) mass is 523 g/mol. The average Bonchev–Trinajstić information content (AvgIpc) is 2.92. The van der Waals surface area contributed by atoms with Crippen LogP contribution in [-0.2, 0) is 20.8 Å². The van der Waals surface area contributed by atoms with Crippen molar-refractivity contribution in [3.05, 3.63) is 112 Å². The molecule has 8 nitrogen and oxygen atoms in total. The highest BCUT2D eigenvalue weighted by Gasteiger charge is 2.27. The van der Waals surface area contributed by atoms with Crippen molar-refractivity contribution in [3.63, 3.8) is 0 Å². The Morgan fingerprint density at radius 2 is 1.69 bits per heavy atom. The van der Waals surface area contributed by atoms with E-state index in [-0.39, 0.29) is 18.8 Å². The van der Waals surface area contributed by atoms with Crippen molar-refractivity contribution in [1.29, 1.82) is 0 Å². The van der Waals surface area contributed by atoms with Gasteiger partial charge in [0.15, 0.2) is 0 Å². The Morgan fingerprint density at radius 1 is 0.974 bits per heavy atom. The topological polar surface area (TPSA) is 98.6 Å². The maximum atomic E-state index is 13.7. The maximum Gasteiger partial charge on any atom is 0.308 e. The number of imide groups is 1. The van der Waals surface area contributed by atoms with E-state index in [1.807, 2.05) is 44.2 Å². The Balaban J connectivity index is 1.75. The van der Waals surface area contributed by atoms with Gasteiger partial charge in [-0.2, -0.15) is 9.69 Å². The van der Waals surface area contributed by atoms with Gasteiger partial charge in [0.05, 0.1) is 10.9 Å². The van der Waals surface area contributed by atoms with Crippen LogP contribution in [0.4, 0.5) is 0 Å². The summed E-state index contributed by atoms with van der Waals surface area (Å²) in [5.41, 5.74) is 1.50. The Bertz CT molecular complexity index is 1610. The second kappa shape index (κ2) is 12.1. The predicted molar refractivity (Wildman–Crippen MR) is 150 cm³/mol. The zero-order valence-corrected chi connectivity index (χ0v) is 22.0. The average molecular weight is 524 g/mol. The minimum atomic E-state index is -0.668. The SMILES string of the molecule is CC(=O)Oc1cccc(CCC(=O)N(C(=O)/C=C/c2ccccc2)n2c(C(C)C)nc3ccccc3c2=O)c1. The number of ether oxygens (including phenoxy) is 1. The molecular weight excluding hydrogens is 494 g/mol. The minimum absolute atomic E-state index is 0.0781. The van der Waals surface area contributed by atoms with Crippen LogP contribution in [0.1, 0.15) is 50.1 Å². The first-order valence-corrected chi connectivity index (χ1v) is 12.6. The summed E-state index contributed by atoms with van der Waals surface area (Å²) in [5, 5.41) is 1.18. The van der Waals surface area contributed by atoms with Gasteiger partial charge in [0.2, 0.25) is 5.91 Å². The second-order valence-corrected chi connectivity index (χ2v) is 9.29. The molecule has 0 aliphatic rings. The van der Waals surface area contributed by atoms with Crippen LogP contribution < -0.4 is 15.3 Å². The van der Waals surface area contributed by atoms with E-state index in [0.717, 1.165) is 20.8 Å². The molecule has 4 aromatic rings. The summed E-state index contributed by atoms with van der Waals surface area (Å²) >= 11 is 0. The van der Waals surface area contributed by atoms with E-state index in [2.05, 4.69) is 4.98 Å². The Hall–Kier alpha value is -4.85. The molecule has 0 spiro atoms. The molecule has 0 aliphatic heterocycles. The Morgan fingerprint density at radius 3 is 2.41 bits per heavy atom. The number of benzene rings is 3. The number of aryl methyl sites for hydroxylation is 1. The normalized spacial score (nSPS) is 11.2. The van der Waals surface area contributed by atoms with Crippen molar-refractivity contribution >= 4 is 34.8 Å². The number of carbonyl (C=O) groups is 3. The lowest BCUT2D eigenvalue weighted by atomic mass is 10.1. The molecule has 1 aromatic heterocycles. The fourth-order valence-electron chi connectivity index (χ4n) is 4.13. The van der Waals surface area contributed by atoms with Crippen molar-refractivity contribution in [2.75, 3.05) is 5.01 Å².